The number of hydrogen-bond donors (Lipinski definition) is 1. The molecule has 0 rings (SSSR count). The smallest absolute Gasteiger partial charge is 0.154 e. The van der Waals surface area contributed by atoms with E-state index in [9.17, 15) is 5.11 Å². The van der Waals surface area contributed by atoms with E-state index in [-0.39, 0.29) is 0 Å². The van der Waals surface area contributed by atoms with Gasteiger partial charge in [-0.3, -0.25) is 0 Å². The molecule has 0 aromatic rings. The van der Waals surface area contributed by atoms with E-state index in [4.69, 9.17) is 18.9 Å². The van der Waals surface area contributed by atoms with Gasteiger partial charge in [0.1, 0.15) is 0 Å². The Morgan fingerprint density at radius 1 is 0.800 bits per heavy atom. The first-order valence-electron chi connectivity index (χ1n) is 7.75. The monoisotopic (exact) mass is 292 g/mol. The summed E-state index contributed by atoms with van der Waals surface area (Å²) >= 11 is 0. The third-order valence-electron chi connectivity index (χ3n) is 2.90. The molecule has 0 radical (unpaired) electrons. The van der Waals surface area contributed by atoms with Crippen LogP contribution in [0.15, 0.2) is 0 Å². The van der Waals surface area contributed by atoms with Crippen molar-refractivity contribution in [3.63, 3.8) is 0 Å². The predicted molar refractivity (Wildman–Crippen MR) is 78.8 cm³/mol. The van der Waals surface area contributed by atoms with Crippen LogP contribution in [0.5, 0.6) is 0 Å². The first kappa shape index (κ1) is 19.8. The zero-order valence-electron chi connectivity index (χ0n) is 13.1. The van der Waals surface area contributed by atoms with E-state index in [0.717, 1.165) is 6.42 Å². The van der Waals surface area contributed by atoms with Crippen LogP contribution in [0.4, 0.5) is 0 Å². The molecule has 0 saturated carbocycles. The van der Waals surface area contributed by atoms with Crippen molar-refractivity contribution in [2.24, 2.45) is 0 Å². The highest BCUT2D eigenvalue weighted by Gasteiger charge is 2.03. The Hall–Kier alpha value is -0.200. The van der Waals surface area contributed by atoms with Crippen LogP contribution < -0.4 is 0 Å². The van der Waals surface area contributed by atoms with Crippen molar-refractivity contribution in [3.05, 3.63) is 0 Å². The van der Waals surface area contributed by atoms with Gasteiger partial charge in [0.05, 0.1) is 39.6 Å². The van der Waals surface area contributed by atoms with Gasteiger partial charge in [0.25, 0.3) is 0 Å². The Bertz CT molecular complexity index is 178. The second-order valence-corrected chi connectivity index (χ2v) is 4.75. The van der Waals surface area contributed by atoms with Crippen LogP contribution in [0.2, 0.25) is 0 Å². The fraction of sp³-hybridized carbons (Fsp3) is 1.00. The zero-order chi connectivity index (χ0) is 14.9. The van der Waals surface area contributed by atoms with Crippen molar-refractivity contribution in [2.75, 3.05) is 46.8 Å². The van der Waals surface area contributed by atoms with Crippen molar-refractivity contribution in [3.8, 4) is 0 Å². The number of methoxy groups -OCH3 is 1. The fourth-order valence-corrected chi connectivity index (χ4v) is 1.71. The number of aliphatic hydroxyl groups is 1. The number of rotatable bonds is 16. The van der Waals surface area contributed by atoms with Crippen LogP contribution in [-0.4, -0.2) is 58.1 Å². The standard InChI is InChI=1S/C15H32O5/c1-3-4-5-6-7-8-15(16)20-14-13-19-12-11-18-10-9-17-2/h15-16H,3-14H2,1-2H3. The lowest BCUT2D eigenvalue weighted by atomic mass is 10.1. The Balaban J connectivity index is 3.09. The Morgan fingerprint density at radius 2 is 1.40 bits per heavy atom. The van der Waals surface area contributed by atoms with Crippen LogP contribution in [0, 0.1) is 0 Å². The highest BCUT2D eigenvalue weighted by Crippen LogP contribution is 2.07. The maximum Gasteiger partial charge on any atom is 0.154 e. The second-order valence-electron chi connectivity index (χ2n) is 4.75. The lowest BCUT2D eigenvalue weighted by Crippen LogP contribution is -2.17. The van der Waals surface area contributed by atoms with Gasteiger partial charge in [-0.05, 0) is 12.8 Å². The van der Waals surface area contributed by atoms with E-state index in [1.807, 2.05) is 0 Å². The van der Waals surface area contributed by atoms with E-state index in [1.165, 1.54) is 25.7 Å². The van der Waals surface area contributed by atoms with Crippen LogP contribution in [0.25, 0.3) is 0 Å². The molecule has 0 aliphatic rings. The molecule has 0 fully saturated rings. The molecule has 0 bridgehead atoms. The van der Waals surface area contributed by atoms with Crippen molar-refractivity contribution in [1.82, 2.24) is 0 Å². The van der Waals surface area contributed by atoms with Crippen molar-refractivity contribution >= 4 is 0 Å². The molecule has 0 aliphatic heterocycles. The van der Waals surface area contributed by atoms with Crippen molar-refractivity contribution in [2.45, 2.75) is 51.7 Å². The molecular weight excluding hydrogens is 260 g/mol. The maximum atomic E-state index is 9.59. The predicted octanol–water partition coefficient (Wildman–Crippen LogP) is 2.36. The molecule has 20 heavy (non-hydrogen) atoms. The summed E-state index contributed by atoms with van der Waals surface area (Å²) in [6.07, 6.45) is 6.01. The average molecular weight is 292 g/mol. The van der Waals surface area contributed by atoms with Crippen molar-refractivity contribution in [1.29, 1.82) is 0 Å². The van der Waals surface area contributed by atoms with Gasteiger partial charge in [0.15, 0.2) is 6.29 Å². The Morgan fingerprint density at radius 3 is 2.05 bits per heavy atom. The molecule has 0 heterocycles. The first-order chi connectivity index (χ1) is 9.81. The SMILES string of the molecule is CCCCCCCC(O)OCCOCCOCCOC. The van der Waals surface area contributed by atoms with Crippen LogP contribution in [0.1, 0.15) is 45.4 Å². The Labute approximate surface area is 123 Å². The second kappa shape index (κ2) is 16.9. The molecule has 122 valence electrons. The molecule has 0 aromatic carbocycles. The lowest BCUT2D eigenvalue weighted by Gasteiger charge is -2.12. The topological polar surface area (TPSA) is 57.2 Å². The molecule has 0 aliphatic carbocycles. The zero-order valence-corrected chi connectivity index (χ0v) is 13.1. The van der Waals surface area contributed by atoms with Crippen LogP contribution in [-0.2, 0) is 18.9 Å². The van der Waals surface area contributed by atoms with Crippen molar-refractivity contribution < 1.29 is 24.1 Å². The highest BCUT2D eigenvalue weighted by atomic mass is 16.6. The van der Waals surface area contributed by atoms with Gasteiger partial charge in [0.2, 0.25) is 0 Å². The third kappa shape index (κ3) is 15.9. The van der Waals surface area contributed by atoms with E-state index in [2.05, 4.69) is 6.92 Å². The molecule has 0 saturated heterocycles. The summed E-state index contributed by atoms with van der Waals surface area (Å²) < 4.78 is 20.7. The van der Waals surface area contributed by atoms with Gasteiger partial charge in [-0.1, -0.05) is 32.6 Å². The van der Waals surface area contributed by atoms with Gasteiger partial charge in [-0.25, -0.2) is 0 Å². The molecule has 0 amide bonds. The molecule has 1 unspecified atom stereocenters. The van der Waals surface area contributed by atoms with Gasteiger partial charge >= 0.3 is 0 Å². The molecule has 5 nitrogen and oxygen atoms in total. The number of ether oxygens (including phenoxy) is 4. The normalized spacial score (nSPS) is 12.8. The largest absolute Gasteiger partial charge is 0.382 e. The summed E-state index contributed by atoms with van der Waals surface area (Å²) in [7, 11) is 1.65. The average Bonchev–Trinajstić information content (AvgIpc) is 2.45. The van der Waals surface area contributed by atoms with Gasteiger partial charge in [-0.15, -0.1) is 0 Å². The van der Waals surface area contributed by atoms with Gasteiger partial charge < -0.3 is 24.1 Å². The quantitative estimate of drug-likeness (QED) is 0.349. The van der Waals surface area contributed by atoms with Crippen LogP contribution in [0.3, 0.4) is 0 Å². The first-order valence-corrected chi connectivity index (χ1v) is 7.75. The fourth-order valence-electron chi connectivity index (χ4n) is 1.71. The van der Waals surface area contributed by atoms with E-state index in [1.54, 1.807) is 7.11 Å². The Kier molecular flexibility index (Phi) is 16.7. The number of hydrogen-bond acceptors (Lipinski definition) is 5. The third-order valence-corrected chi connectivity index (χ3v) is 2.90. The molecular formula is C15H32O5. The van der Waals surface area contributed by atoms with Gasteiger partial charge in [-0.2, -0.15) is 0 Å². The summed E-state index contributed by atoms with van der Waals surface area (Å²) in [5, 5.41) is 9.59. The summed E-state index contributed by atoms with van der Waals surface area (Å²) in [5.74, 6) is 0. The molecule has 1 N–H and O–H groups in total. The summed E-state index contributed by atoms with van der Waals surface area (Å²) in [6, 6.07) is 0. The molecule has 1 atom stereocenters. The number of unbranched alkanes of at least 4 members (excludes halogenated alkanes) is 4. The maximum absolute atomic E-state index is 9.59. The lowest BCUT2D eigenvalue weighted by molar-refractivity contribution is -0.118. The van der Waals surface area contributed by atoms with E-state index in [0.29, 0.717) is 46.1 Å². The summed E-state index contributed by atoms with van der Waals surface area (Å²) in [4.78, 5) is 0. The molecule has 0 aromatic heterocycles. The minimum absolute atomic E-state index is 0.425. The summed E-state index contributed by atoms with van der Waals surface area (Å²) in [5.41, 5.74) is 0. The molecule has 5 heteroatoms. The van der Waals surface area contributed by atoms with Crippen LogP contribution >= 0.6 is 0 Å². The highest BCUT2D eigenvalue weighted by molar-refractivity contribution is 4.47. The minimum Gasteiger partial charge on any atom is -0.382 e. The summed E-state index contributed by atoms with van der Waals surface area (Å²) in [6.45, 7) is 5.40. The minimum atomic E-state index is -0.654. The van der Waals surface area contributed by atoms with Gasteiger partial charge in [0, 0.05) is 7.11 Å². The van der Waals surface area contributed by atoms with E-state index >= 15 is 0 Å². The molecule has 0 spiro atoms. The number of aliphatic hydroxyl groups excluding tert-OH is 1. The van der Waals surface area contributed by atoms with E-state index < -0.39 is 6.29 Å².